The molecule has 0 N–H and O–H groups in total. The van der Waals surface area contributed by atoms with Gasteiger partial charge in [0.05, 0.1) is 0 Å². The fourth-order valence-electron chi connectivity index (χ4n) is 3.14. The largest absolute Gasteiger partial charge is 0.427 e. The number of carbonyl (C=O) groups excluding carboxylic acids is 1. The van der Waals surface area contributed by atoms with Crippen LogP contribution in [0.15, 0.2) is 54.6 Å². The van der Waals surface area contributed by atoms with E-state index in [1.54, 1.807) is 0 Å². The van der Waals surface area contributed by atoms with E-state index in [0.29, 0.717) is 24.0 Å². The summed E-state index contributed by atoms with van der Waals surface area (Å²) >= 11 is 0. The quantitative estimate of drug-likeness (QED) is 0.567. The monoisotopic (exact) mass is 306 g/mol. The number of rotatable bonds is 5. The summed E-state index contributed by atoms with van der Waals surface area (Å²) in [5.41, 5.74) is 2.28. The number of benzene rings is 2. The minimum atomic E-state index is -0.150. The van der Waals surface area contributed by atoms with Crippen molar-refractivity contribution in [2.45, 2.75) is 25.7 Å². The van der Waals surface area contributed by atoms with Gasteiger partial charge in [0.2, 0.25) is 0 Å². The van der Waals surface area contributed by atoms with Gasteiger partial charge in [0.1, 0.15) is 5.75 Å². The van der Waals surface area contributed by atoms with E-state index in [0.717, 1.165) is 30.4 Å². The number of carbonyl (C=O) groups is 1. The second-order valence-electron chi connectivity index (χ2n) is 6.19. The van der Waals surface area contributed by atoms with Crippen LogP contribution in [-0.4, -0.2) is 5.97 Å². The van der Waals surface area contributed by atoms with Gasteiger partial charge in [0.15, 0.2) is 0 Å². The predicted octanol–water partition coefficient (Wildman–Crippen LogP) is 5.10. The number of hydrogen-bond acceptors (Lipinski definition) is 2. The molecule has 1 fully saturated rings. The lowest BCUT2D eigenvalue weighted by Crippen LogP contribution is -2.12. The third-order valence-corrected chi connectivity index (χ3v) is 4.47. The summed E-state index contributed by atoms with van der Waals surface area (Å²) in [5.74, 6) is 1.45. The lowest BCUT2D eigenvalue weighted by Gasteiger charge is -2.10. The van der Waals surface area contributed by atoms with E-state index in [2.05, 4.69) is 25.5 Å². The van der Waals surface area contributed by atoms with Crippen molar-refractivity contribution in [1.82, 2.24) is 0 Å². The molecule has 0 aliphatic heterocycles. The van der Waals surface area contributed by atoms with Crippen molar-refractivity contribution in [3.8, 4) is 16.9 Å². The topological polar surface area (TPSA) is 26.3 Å². The van der Waals surface area contributed by atoms with Gasteiger partial charge in [-0.2, -0.15) is 0 Å². The zero-order chi connectivity index (χ0) is 16.1. The first-order valence-electron chi connectivity index (χ1n) is 8.23. The first kappa shape index (κ1) is 15.8. The van der Waals surface area contributed by atoms with Crippen LogP contribution in [-0.2, 0) is 4.79 Å². The molecule has 1 saturated carbocycles. The first-order chi connectivity index (χ1) is 11.2. The molecule has 23 heavy (non-hydrogen) atoms. The molecule has 1 aliphatic rings. The van der Waals surface area contributed by atoms with Crippen molar-refractivity contribution in [2.75, 3.05) is 0 Å². The second kappa shape index (κ2) is 7.45. The molecular weight excluding hydrogens is 284 g/mol. The van der Waals surface area contributed by atoms with E-state index in [9.17, 15) is 4.79 Å². The molecule has 0 spiro atoms. The Morgan fingerprint density at radius 1 is 1.04 bits per heavy atom. The second-order valence-corrected chi connectivity index (χ2v) is 6.19. The van der Waals surface area contributed by atoms with Crippen LogP contribution in [0.1, 0.15) is 25.7 Å². The minimum Gasteiger partial charge on any atom is -0.427 e. The van der Waals surface area contributed by atoms with Crippen molar-refractivity contribution in [2.24, 2.45) is 11.8 Å². The Bertz CT molecular complexity index is 631. The Balaban J connectivity index is 1.55. The third-order valence-electron chi connectivity index (χ3n) is 4.47. The fourth-order valence-corrected chi connectivity index (χ4v) is 3.14. The molecule has 2 unspecified atom stereocenters. The van der Waals surface area contributed by atoms with Gasteiger partial charge in [0, 0.05) is 6.42 Å². The average molecular weight is 306 g/mol. The third kappa shape index (κ3) is 4.22. The molecule has 2 heteroatoms. The molecule has 0 bridgehead atoms. The smallest absolute Gasteiger partial charge is 0.311 e. The molecule has 0 saturated heterocycles. The molecule has 2 nitrogen and oxygen atoms in total. The van der Waals surface area contributed by atoms with E-state index < -0.39 is 0 Å². The molecule has 0 aromatic heterocycles. The molecule has 118 valence electrons. The van der Waals surface area contributed by atoms with Gasteiger partial charge in [-0.15, -0.1) is 0 Å². The van der Waals surface area contributed by atoms with Crippen LogP contribution in [0.5, 0.6) is 5.75 Å². The summed E-state index contributed by atoms with van der Waals surface area (Å²) in [7, 11) is 0. The molecule has 2 aromatic rings. The molecule has 2 radical (unpaired) electrons. The van der Waals surface area contributed by atoms with Crippen molar-refractivity contribution in [3.63, 3.8) is 0 Å². The Hall–Kier alpha value is -2.09. The van der Waals surface area contributed by atoms with E-state index in [4.69, 9.17) is 4.74 Å². The molecule has 2 aromatic carbocycles. The van der Waals surface area contributed by atoms with Gasteiger partial charge < -0.3 is 4.74 Å². The Morgan fingerprint density at radius 3 is 2.39 bits per heavy atom. The van der Waals surface area contributed by atoms with Crippen LogP contribution in [0.2, 0.25) is 0 Å². The minimum absolute atomic E-state index is 0.150. The highest BCUT2D eigenvalue weighted by Crippen LogP contribution is 2.34. The molecule has 1 aliphatic carbocycles. The van der Waals surface area contributed by atoms with E-state index in [-0.39, 0.29) is 5.97 Å². The summed E-state index contributed by atoms with van der Waals surface area (Å²) in [5, 5.41) is 0. The molecule has 0 amide bonds. The summed E-state index contributed by atoms with van der Waals surface area (Å²) in [6, 6.07) is 17.8. The van der Waals surface area contributed by atoms with Crippen LogP contribution >= 0.6 is 0 Å². The maximum absolute atomic E-state index is 12.1. The van der Waals surface area contributed by atoms with Crippen LogP contribution in [0, 0.1) is 25.2 Å². The highest BCUT2D eigenvalue weighted by Gasteiger charge is 2.26. The van der Waals surface area contributed by atoms with Crippen molar-refractivity contribution >= 4 is 5.97 Å². The summed E-state index contributed by atoms with van der Waals surface area (Å²) in [4.78, 5) is 12.1. The van der Waals surface area contributed by atoms with E-state index in [1.165, 1.54) is 0 Å². The van der Waals surface area contributed by atoms with Crippen molar-refractivity contribution in [3.05, 3.63) is 67.9 Å². The van der Waals surface area contributed by atoms with Crippen molar-refractivity contribution < 1.29 is 9.53 Å². The summed E-state index contributed by atoms with van der Waals surface area (Å²) in [6.45, 7) is 3.95. The summed E-state index contributed by atoms with van der Waals surface area (Å²) < 4.78 is 5.46. The lowest BCUT2D eigenvalue weighted by atomic mass is 10.0. The highest BCUT2D eigenvalue weighted by atomic mass is 16.5. The Kier molecular flexibility index (Phi) is 5.12. The van der Waals surface area contributed by atoms with Crippen LogP contribution in [0.25, 0.3) is 11.1 Å². The van der Waals surface area contributed by atoms with Gasteiger partial charge in [-0.05, 0) is 54.4 Å². The average Bonchev–Trinajstić information content (AvgIpc) is 3.04. The lowest BCUT2D eigenvalue weighted by molar-refractivity contribution is -0.135. The van der Waals surface area contributed by atoms with E-state index in [1.807, 2.05) is 42.5 Å². The highest BCUT2D eigenvalue weighted by molar-refractivity contribution is 5.73. The SMILES string of the molecule is [CH2]CC1C[CH]C(CC(=O)Oc2ccc(-c3ccccc3)cc2)C1. The van der Waals surface area contributed by atoms with Gasteiger partial charge in [-0.25, -0.2) is 0 Å². The molecule has 2 atom stereocenters. The fraction of sp³-hybridized carbons (Fsp3) is 0.286. The molecule has 0 heterocycles. The normalized spacial score (nSPS) is 20.4. The predicted molar refractivity (Wildman–Crippen MR) is 92.6 cm³/mol. The number of esters is 1. The Morgan fingerprint density at radius 2 is 1.74 bits per heavy atom. The van der Waals surface area contributed by atoms with Gasteiger partial charge in [-0.3, -0.25) is 4.79 Å². The maximum atomic E-state index is 12.1. The van der Waals surface area contributed by atoms with Crippen LogP contribution in [0.3, 0.4) is 0 Å². The van der Waals surface area contributed by atoms with Gasteiger partial charge in [0.25, 0.3) is 0 Å². The Labute approximate surface area is 138 Å². The van der Waals surface area contributed by atoms with E-state index >= 15 is 0 Å². The standard InChI is InChI=1S/C21H22O2/c1-2-16-8-9-17(14-16)15-21(22)23-20-12-10-19(11-13-20)18-6-4-3-5-7-18/h3-7,9-13,16-17H,1-2,8,14-15H2. The first-order valence-corrected chi connectivity index (χ1v) is 8.23. The van der Waals surface area contributed by atoms with Crippen LogP contribution in [0.4, 0.5) is 0 Å². The maximum Gasteiger partial charge on any atom is 0.311 e. The molecular formula is C21H22O2. The van der Waals surface area contributed by atoms with Crippen molar-refractivity contribution in [1.29, 1.82) is 0 Å². The molecule has 3 rings (SSSR count). The van der Waals surface area contributed by atoms with Gasteiger partial charge in [-0.1, -0.05) is 55.8 Å². The number of hydrogen-bond donors (Lipinski definition) is 0. The van der Waals surface area contributed by atoms with Crippen LogP contribution < -0.4 is 4.74 Å². The zero-order valence-electron chi connectivity index (χ0n) is 13.3. The zero-order valence-corrected chi connectivity index (χ0v) is 13.3. The number of ether oxygens (including phenoxy) is 1. The summed E-state index contributed by atoms with van der Waals surface area (Å²) in [6.07, 6.45) is 5.80. The van der Waals surface area contributed by atoms with Gasteiger partial charge >= 0.3 is 5.97 Å².